The average Bonchev–Trinajstić information content (AvgIpc) is 2.38. The zero-order chi connectivity index (χ0) is 14.8. The Morgan fingerprint density at radius 1 is 0.895 bits per heavy atom. The molecule has 1 amide bonds. The minimum atomic E-state index is -0.159. The quantitative estimate of drug-likeness (QED) is 0.374. The maximum Gasteiger partial charge on any atom is 0.217 e. The number of nitrogens with two attached hydrogens (primary N) is 1. The Morgan fingerprint density at radius 3 is 1.68 bits per heavy atom. The summed E-state index contributed by atoms with van der Waals surface area (Å²) in [6.07, 6.45) is 13.1. The number of hydrogen-bond acceptors (Lipinski definition) is 3. The molecule has 0 radical (unpaired) electrons. The van der Waals surface area contributed by atoms with Crippen LogP contribution in [0, 0.1) is 0 Å². The minimum Gasteiger partial charge on any atom is -0.370 e. The number of carbonyl (C=O) groups is 1. The van der Waals surface area contributed by atoms with E-state index in [0.29, 0.717) is 13.0 Å². The number of carbonyl (C=O) groups excluding carboxylic acids is 1. The van der Waals surface area contributed by atoms with Crippen molar-refractivity contribution in [1.82, 2.24) is 5.48 Å². The molecule has 0 atom stereocenters. The molecule has 116 valence electrons. The smallest absolute Gasteiger partial charge is 0.217 e. The lowest BCUT2D eigenvalue weighted by atomic mass is 10.1. The summed E-state index contributed by atoms with van der Waals surface area (Å²) in [7, 11) is 0. The molecule has 0 spiro atoms. The molecule has 4 nitrogen and oxygen atoms in total. The Labute approximate surface area is 119 Å². The van der Waals surface area contributed by atoms with Crippen molar-refractivity contribution in [3.63, 3.8) is 0 Å². The van der Waals surface area contributed by atoms with Crippen molar-refractivity contribution in [2.24, 2.45) is 5.73 Å². The molecule has 19 heavy (non-hydrogen) atoms. The monoisotopic (exact) mass is 274 g/mol. The van der Waals surface area contributed by atoms with Gasteiger partial charge in [0.25, 0.3) is 0 Å². The van der Waals surface area contributed by atoms with Gasteiger partial charge in [0.2, 0.25) is 5.91 Å². The molecule has 0 aliphatic carbocycles. The highest BCUT2D eigenvalue weighted by atomic mass is 16.5. The van der Waals surface area contributed by atoms with Gasteiger partial charge in [-0.15, -0.1) is 0 Å². The number of primary amides is 1. The summed E-state index contributed by atoms with van der Waals surface area (Å²) in [4.78, 5) is 10.4. The maximum atomic E-state index is 10.4. The van der Waals surface area contributed by atoms with Crippen molar-refractivity contribution < 1.29 is 10.0 Å². The lowest BCUT2D eigenvalue weighted by molar-refractivity contribution is -0.118. The predicted molar refractivity (Wildman–Crippen MR) is 81.1 cm³/mol. The predicted octanol–water partition coefficient (Wildman–Crippen LogP) is 3.77. The first-order valence-electron chi connectivity index (χ1n) is 7.84. The van der Waals surface area contributed by atoms with Crippen LogP contribution in [0.2, 0.25) is 0 Å². The number of amides is 1. The molecule has 0 aliphatic rings. The van der Waals surface area contributed by atoms with E-state index >= 15 is 0 Å². The molecule has 0 bridgehead atoms. The van der Waals surface area contributed by atoms with Crippen LogP contribution in [-0.2, 0) is 4.79 Å². The van der Waals surface area contributed by atoms with Crippen LogP contribution in [0.4, 0.5) is 0 Å². The fourth-order valence-electron chi connectivity index (χ4n) is 1.72. The Kier molecular flexibility index (Phi) is 21.5. The molecule has 4 heteroatoms. The third-order valence-corrected chi connectivity index (χ3v) is 2.89. The lowest BCUT2D eigenvalue weighted by Gasteiger charge is -2.00. The van der Waals surface area contributed by atoms with Gasteiger partial charge < -0.3 is 10.9 Å². The van der Waals surface area contributed by atoms with Gasteiger partial charge in [0.1, 0.15) is 0 Å². The highest BCUT2D eigenvalue weighted by Crippen LogP contribution is 2.10. The second-order valence-corrected chi connectivity index (χ2v) is 4.95. The fourth-order valence-corrected chi connectivity index (χ4v) is 1.72. The molecule has 0 heterocycles. The van der Waals surface area contributed by atoms with Crippen LogP contribution >= 0.6 is 0 Å². The van der Waals surface area contributed by atoms with Crippen molar-refractivity contribution in [3.8, 4) is 0 Å². The van der Waals surface area contributed by atoms with Crippen molar-refractivity contribution in [1.29, 1.82) is 0 Å². The summed E-state index contributed by atoms with van der Waals surface area (Å²) in [5.41, 5.74) is 7.07. The van der Waals surface area contributed by atoms with E-state index in [4.69, 9.17) is 10.9 Å². The summed E-state index contributed by atoms with van der Waals surface area (Å²) in [6, 6.07) is 0. The standard InChI is InChI=1S/C12H25NO.C3H9NO/c1-2-3-4-5-6-7-8-9-10-11-12(13)14;1-2-3-4-5/h2-11H2,1H3,(H2,13,14);4-5H,2-3H2,1H3. The van der Waals surface area contributed by atoms with Crippen LogP contribution in [0.15, 0.2) is 0 Å². The summed E-state index contributed by atoms with van der Waals surface area (Å²) in [5, 5.41) is 7.82. The van der Waals surface area contributed by atoms with E-state index in [9.17, 15) is 4.79 Å². The zero-order valence-electron chi connectivity index (χ0n) is 12.9. The second-order valence-electron chi connectivity index (χ2n) is 4.95. The van der Waals surface area contributed by atoms with Gasteiger partial charge in [-0.3, -0.25) is 4.79 Å². The van der Waals surface area contributed by atoms with Crippen molar-refractivity contribution in [3.05, 3.63) is 0 Å². The first kappa shape index (κ1) is 20.7. The minimum absolute atomic E-state index is 0.159. The molecule has 0 saturated carbocycles. The number of rotatable bonds is 12. The molecular weight excluding hydrogens is 240 g/mol. The van der Waals surface area contributed by atoms with Crippen molar-refractivity contribution in [2.45, 2.75) is 84.5 Å². The maximum absolute atomic E-state index is 10.4. The van der Waals surface area contributed by atoms with Crippen LogP contribution in [0.5, 0.6) is 0 Å². The van der Waals surface area contributed by atoms with Gasteiger partial charge in [-0.1, -0.05) is 65.2 Å². The van der Waals surface area contributed by atoms with E-state index in [1.54, 1.807) is 0 Å². The number of unbranched alkanes of at least 4 members (excludes halogenated alkanes) is 8. The Hall–Kier alpha value is -0.610. The fraction of sp³-hybridized carbons (Fsp3) is 0.933. The highest BCUT2D eigenvalue weighted by molar-refractivity contribution is 5.73. The molecule has 0 aliphatic heterocycles. The molecule has 0 saturated heterocycles. The summed E-state index contributed by atoms with van der Waals surface area (Å²) < 4.78 is 0. The van der Waals surface area contributed by atoms with E-state index in [2.05, 4.69) is 6.92 Å². The van der Waals surface area contributed by atoms with E-state index in [-0.39, 0.29) is 5.91 Å². The topological polar surface area (TPSA) is 75.4 Å². The first-order valence-corrected chi connectivity index (χ1v) is 7.84. The normalized spacial score (nSPS) is 9.84. The molecular formula is C15H34N2O2. The van der Waals surface area contributed by atoms with Crippen LogP contribution in [0.25, 0.3) is 0 Å². The van der Waals surface area contributed by atoms with E-state index in [0.717, 1.165) is 19.3 Å². The molecule has 0 aromatic carbocycles. The Balaban J connectivity index is 0. The molecule has 0 fully saturated rings. The van der Waals surface area contributed by atoms with Crippen molar-refractivity contribution in [2.75, 3.05) is 6.54 Å². The van der Waals surface area contributed by atoms with Crippen LogP contribution in [0.3, 0.4) is 0 Å². The number of hydroxylamine groups is 1. The molecule has 0 aromatic rings. The zero-order valence-corrected chi connectivity index (χ0v) is 12.9. The number of hydrogen-bond donors (Lipinski definition) is 3. The van der Waals surface area contributed by atoms with Gasteiger partial charge in [0.05, 0.1) is 0 Å². The molecule has 0 rings (SSSR count). The third-order valence-electron chi connectivity index (χ3n) is 2.89. The van der Waals surface area contributed by atoms with Crippen LogP contribution in [-0.4, -0.2) is 17.7 Å². The van der Waals surface area contributed by atoms with Gasteiger partial charge >= 0.3 is 0 Å². The largest absolute Gasteiger partial charge is 0.370 e. The SMILES string of the molecule is CCCCCCCCCCCC(N)=O.CCCNO. The van der Waals surface area contributed by atoms with Crippen LogP contribution < -0.4 is 11.2 Å². The van der Waals surface area contributed by atoms with E-state index in [1.165, 1.54) is 44.9 Å². The first-order chi connectivity index (χ1) is 9.18. The summed E-state index contributed by atoms with van der Waals surface area (Å²) >= 11 is 0. The van der Waals surface area contributed by atoms with E-state index in [1.807, 2.05) is 12.4 Å². The van der Waals surface area contributed by atoms with Crippen molar-refractivity contribution >= 4 is 5.91 Å². The molecule has 4 N–H and O–H groups in total. The Morgan fingerprint density at radius 2 is 1.37 bits per heavy atom. The summed E-state index contributed by atoms with van der Waals surface area (Å²) in [5.74, 6) is -0.159. The second kappa shape index (κ2) is 19.7. The van der Waals surface area contributed by atoms with Gasteiger partial charge in [-0.25, -0.2) is 5.48 Å². The lowest BCUT2D eigenvalue weighted by Crippen LogP contribution is -2.09. The van der Waals surface area contributed by atoms with Gasteiger partial charge in [-0.05, 0) is 12.8 Å². The molecule has 0 aromatic heterocycles. The van der Waals surface area contributed by atoms with Gasteiger partial charge in [-0.2, -0.15) is 0 Å². The molecule has 0 unspecified atom stereocenters. The third kappa shape index (κ3) is 26.8. The highest BCUT2D eigenvalue weighted by Gasteiger charge is 1.94. The van der Waals surface area contributed by atoms with E-state index < -0.39 is 0 Å². The van der Waals surface area contributed by atoms with Crippen LogP contribution in [0.1, 0.15) is 84.5 Å². The Bertz CT molecular complexity index is 174. The van der Waals surface area contributed by atoms with Gasteiger partial charge in [0, 0.05) is 13.0 Å². The van der Waals surface area contributed by atoms with Gasteiger partial charge in [0.15, 0.2) is 0 Å². The summed E-state index contributed by atoms with van der Waals surface area (Å²) in [6.45, 7) is 4.92. The number of nitrogens with one attached hydrogen (secondary N) is 1. The average molecular weight is 274 g/mol.